The molecule has 0 atom stereocenters. The van der Waals surface area contributed by atoms with E-state index in [1.165, 1.54) is 25.6 Å². The van der Waals surface area contributed by atoms with Crippen LogP contribution in [-0.4, -0.2) is 42.8 Å². The summed E-state index contributed by atoms with van der Waals surface area (Å²) >= 11 is 0. The summed E-state index contributed by atoms with van der Waals surface area (Å²) in [4.78, 5) is 41.5. The van der Waals surface area contributed by atoms with Gasteiger partial charge in [0.2, 0.25) is 0 Å². The van der Waals surface area contributed by atoms with E-state index in [0.717, 1.165) is 31.6 Å². The Bertz CT molecular complexity index is 1170. The third-order valence-corrected chi connectivity index (χ3v) is 7.70. The first-order chi connectivity index (χ1) is 17.6. The molecule has 1 aromatic heterocycles. The number of aromatic nitrogens is 1. The van der Waals surface area contributed by atoms with Gasteiger partial charge in [0.1, 0.15) is 12.0 Å². The van der Waals surface area contributed by atoms with Crippen LogP contribution < -0.4 is 20.1 Å². The molecule has 37 heavy (non-hydrogen) atoms. The van der Waals surface area contributed by atoms with Crippen molar-refractivity contribution in [2.45, 2.75) is 64.9 Å². The average molecular weight is 512 g/mol. The Kier molecular flexibility index (Phi) is 7.80. The topological polar surface area (TPSA) is 107 Å². The van der Waals surface area contributed by atoms with E-state index in [4.69, 9.17) is 9.47 Å². The van der Waals surface area contributed by atoms with Crippen molar-refractivity contribution in [2.75, 3.05) is 19.0 Å². The number of pyridine rings is 1. The number of hydrogen-bond donors (Lipinski definition) is 2. The Hall–Kier alpha value is -3.49. The highest BCUT2D eigenvalue weighted by Crippen LogP contribution is 2.40. The van der Waals surface area contributed by atoms with Crippen LogP contribution in [0.3, 0.4) is 0 Å². The van der Waals surface area contributed by atoms with Gasteiger partial charge in [-0.15, -0.1) is 0 Å². The summed E-state index contributed by atoms with van der Waals surface area (Å²) in [7, 11) is 1.34. The fourth-order valence-corrected chi connectivity index (χ4v) is 4.87. The maximum atomic E-state index is 14.8. The number of amides is 2. The number of anilines is 1. The molecule has 0 spiro atoms. The van der Waals surface area contributed by atoms with Gasteiger partial charge in [-0.05, 0) is 56.1 Å². The minimum atomic E-state index is -0.650. The van der Waals surface area contributed by atoms with Gasteiger partial charge in [-0.2, -0.15) is 0 Å². The monoisotopic (exact) mass is 511 g/mol. The van der Waals surface area contributed by atoms with Gasteiger partial charge in [-0.25, -0.2) is 4.39 Å². The van der Waals surface area contributed by atoms with Gasteiger partial charge < -0.3 is 24.9 Å². The molecule has 2 N–H and O–H groups in total. The number of nitrogens with one attached hydrogen (secondary N) is 2. The Morgan fingerprint density at radius 3 is 2.46 bits per heavy atom. The van der Waals surface area contributed by atoms with E-state index in [9.17, 15) is 18.8 Å². The number of nitrogens with zero attached hydrogens (tertiary/aromatic N) is 1. The zero-order valence-corrected chi connectivity index (χ0v) is 21.6. The zero-order chi connectivity index (χ0) is 26.6. The Labute approximate surface area is 216 Å². The third-order valence-electron chi connectivity index (χ3n) is 7.70. The molecule has 2 saturated carbocycles. The molecule has 1 heterocycles. The molecule has 2 aliphatic rings. The van der Waals surface area contributed by atoms with E-state index in [2.05, 4.69) is 22.5 Å². The molecule has 198 valence electrons. The number of carbonyl (C=O) groups excluding carboxylic acids is 3. The van der Waals surface area contributed by atoms with Crippen molar-refractivity contribution in [1.29, 1.82) is 0 Å². The number of carbonyl (C=O) groups is 3. The van der Waals surface area contributed by atoms with Crippen molar-refractivity contribution >= 4 is 23.8 Å². The fraction of sp³-hybridized carbons (Fsp3) is 0.500. The van der Waals surface area contributed by atoms with Gasteiger partial charge in [-0.3, -0.25) is 14.6 Å². The molecule has 2 amide bonds. The van der Waals surface area contributed by atoms with Gasteiger partial charge in [0.25, 0.3) is 11.8 Å². The van der Waals surface area contributed by atoms with Crippen molar-refractivity contribution in [3.05, 3.63) is 47.5 Å². The predicted octanol–water partition coefficient (Wildman–Crippen LogP) is 4.93. The Morgan fingerprint density at radius 1 is 1.11 bits per heavy atom. The molecular weight excluding hydrogens is 477 g/mol. The number of methoxy groups -OCH3 is 1. The lowest BCUT2D eigenvalue weighted by Crippen LogP contribution is -2.40. The van der Waals surface area contributed by atoms with Crippen molar-refractivity contribution in [2.24, 2.45) is 10.8 Å². The molecule has 0 bridgehead atoms. The molecule has 0 radical (unpaired) electrons. The molecule has 1 aromatic carbocycles. The van der Waals surface area contributed by atoms with Crippen LogP contribution in [0.25, 0.3) is 0 Å². The quantitative estimate of drug-likeness (QED) is 0.463. The van der Waals surface area contributed by atoms with Crippen molar-refractivity contribution in [3.63, 3.8) is 0 Å². The number of halogens is 1. The molecule has 2 fully saturated rings. The van der Waals surface area contributed by atoms with E-state index in [-0.39, 0.29) is 51.2 Å². The highest BCUT2D eigenvalue weighted by Gasteiger charge is 2.33. The lowest BCUT2D eigenvalue weighted by atomic mass is 9.70. The van der Waals surface area contributed by atoms with Gasteiger partial charge in [0.05, 0.1) is 36.2 Å². The van der Waals surface area contributed by atoms with Crippen LogP contribution in [0.15, 0.2) is 30.6 Å². The van der Waals surface area contributed by atoms with Gasteiger partial charge >= 0.3 is 0 Å². The molecule has 2 aromatic rings. The normalized spacial score (nSPS) is 22.3. The Balaban J connectivity index is 1.49. The second-order valence-electron chi connectivity index (χ2n) is 10.8. The van der Waals surface area contributed by atoms with Crippen molar-refractivity contribution in [3.8, 4) is 11.5 Å². The lowest BCUT2D eigenvalue weighted by molar-refractivity contribution is -0.117. The molecule has 0 unspecified atom stereocenters. The molecule has 0 saturated heterocycles. The first kappa shape index (κ1) is 26.6. The van der Waals surface area contributed by atoms with Crippen LogP contribution >= 0.6 is 0 Å². The van der Waals surface area contributed by atoms with Crippen LogP contribution in [0, 0.1) is 16.6 Å². The molecule has 2 aliphatic carbocycles. The summed E-state index contributed by atoms with van der Waals surface area (Å²) < 4.78 is 26.0. The number of hydrogen-bond acceptors (Lipinski definition) is 6. The fourth-order valence-electron chi connectivity index (χ4n) is 4.87. The van der Waals surface area contributed by atoms with Crippen LogP contribution in [0.5, 0.6) is 11.5 Å². The van der Waals surface area contributed by atoms with Crippen molar-refractivity contribution in [1.82, 2.24) is 10.3 Å². The largest absolute Gasteiger partial charge is 0.496 e. The number of benzene rings is 1. The third kappa shape index (κ3) is 6.09. The summed E-state index contributed by atoms with van der Waals surface area (Å²) in [6.45, 7) is 4.61. The van der Waals surface area contributed by atoms with Crippen LogP contribution in [0.4, 0.5) is 10.1 Å². The second kappa shape index (κ2) is 10.9. The predicted molar refractivity (Wildman–Crippen MR) is 136 cm³/mol. The van der Waals surface area contributed by atoms with E-state index in [1.807, 2.05) is 6.92 Å². The molecule has 9 heteroatoms. The minimum absolute atomic E-state index is 0.0346. The smallest absolute Gasteiger partial charge is 0.259 e. The number of rotatable bonds is 9. The molecule has 4 rings (SSSR count). The summed E-state index contributed by atoms with van der Waals surface area (Å²) in [5, 5.41) is 5.67. The van der Waals surface area contributed by atoms with Gasteiger partial charge in [-0.1, -0.05) is 20.3 Å². The first-order valence-electron chi connectivity index (χ1n) is 12.7. The standard InChI is InChI=1S/C28H34FN3O5/c1-27(8-4-9-27)16-31-25(34)19-7-12-30-15-22(19)32-26(35)20-13-24(21(29)14-23(20)36-3)37-18-5-10-28(2,17-33)11-6-18/h7,12-15,17-18H,4-6,8-11,16H2,1-3H3,(H,31,34)(H,32,35). The number of ether oxygens (including phenoxy) is 2. The minimum Gasteiger partial charge on any atom is -0.496 e. The van der Waals surface area contributed by atoms with Crippen molar-refractivity contribution < 1.29 is 28.2 Å². The summed E-state index contributed by atoms with van der Waals surface area (Å²) in [6.07, 6.45) is 9.40. The van der Waals surface area contributed by atoms with E-state index in [1.54, 1.807) is 6.07 Å². The van der Waals surface area contributed by atoms with Gasteiger partial charge in [0.15, 0.2) is 11.6 Å². The highest BCUT2D eigenvalue weighted by atomic mass is 19.1. The number of aldehydes is 1. The summed E-state index contributed by atoms with van der Waals surface area (Å²) in [6, 6.07) is 3.96. The van der Waals surface area contributed by atoms with Crippen LogP contribution in [-0.2, 0) is 4.79 Å². The summed E-state index contributed by atoms with van der Waals surface area (Å²) in [5.74, 6) is -1.58. The lowest BCUT2D eigenvalue weighted by Gasteiger charge is -2.38. The maximum Gasteiger partial charge on any atom is 0.259 e. The average Bonchev–Trinajstić information content (AvgIpc) is 2.88. The molecule has 0 aliphatic heterocycles. The van der Waals surface area contributed by atoms with Gasteiger partial charge in [0, 0.05) is 24.2 Å². The highest BCUT2D eigenvalue weighted by molar-refractivity contribution is 6.10. The second-order valence-corrected chi connectivity index (χ2v) is 10.8. The zero-order valence-electron chi connectivity index (χ0n) is 21.6. The molecular formula is C28H34FN3O5. The van der Waals surface area contributed by atoms with Crippen LogP contribution in [0.2, 0.25) is 0 Å². The van der Waals surface area contributed by atoms with E-state index < -0.39 is 11.7 Å². The molecule has 8 nitrogen and oxygen atoms in total. The summed E-state index contributed by atoms with van der Waals surface area (Å²) in [5.41, 5.74) is 0.299. The Morgan fingerprint density at radius 2 is 1.84 bits per heavy atom. The van der Waals surface area contributed by atoms with Crippen LogP contribution in [0.1, 0.15) is 79.5 Å². The van der Waals surface area contributed by atoms with E-state index in [0.29, 0.717) is 32.2 Å². The maximum absolute atomic E-state index is 14.8. The first-order valence-corrected chi connectivity index (χ1v) is 12.7. The SMILES string of the molecule is COc1cc(F)c(OC2CCC(C)(C=O)CC2)cc1C(=O)Nc1cnccc1C(=O)NCC1(C)CCC1. The van der Waals surface area contributed by atoms with E-state index >= 15 is 0 Å².